The molecule has 0 saturated carbocycles. The maximum absolute atomic E-state index is 12.8. The minimum Gasteiger partial charge on any atom is -0.481 e. The van der Waals surface area contributed by atoms with Crippen LogP contribution in [0.5, 0.6) is 0 Å². The largest absolute Gasteiger partial charge is 0.481 e. The highest BCUT2D eigenvalue weighted by Gasteiger charge is 2.45. The third-order valence-corrected chi connectivity index (χ3v) is 5.32. The van der Waals surface area contributed by atoms with Gasteiger partial charge in [-0.2, -0.15) is 0 Å². The molecule has 4 rings (SSSR count). The Bertz CT molecular complexity index is 883. The lowest BCUT2D eigenvalue weighted by Crippen LogP contribution is -2.45. The molecule has 0 spiro atoms. The average Bonchev–Trinajstić information content (AvgIpc) is 2.70. The van der Waals surface area contributed by atoms with Gasteiger partial charge in [0, 0.05) is 24.2 Å². The Hall–Kier alpha value is -2.53. The standard InChI is InChI=1S/C19H17ClN2O3/c1-21-14-5-3-2-4-12(14)18-13(19(24)25)7-9-17(23)22(18)16-10-11(20)6-8-15(16)21/h2-6,8,10,13,18H,7,9H2,1H3,(H,24,25)/t13-,18-/m0/s1. The molecule has 1 amide bonds. The molecule has 0 radical (unpaired) electrons. The molecule has 2 aromatic rings. The van der Waals surface area contributed by atoms with Crippen LogP contribution < -0.4 is 9.80 Å². The molecular formula is C19H17ClN2O3. The number of hydrogen-bond donors (Lipinski definition) is 1. The normalized spacial score (nSPS) is 21.9. The van der Waals surface area contributed by atoms with Crippen LogP contribution in [0.3, 0.4) is 0 Å². The summed E-state index contributed by atoms with van der Waals surface area (Å²) in [7, 11) is 1.92. The molecule has 0 aromatic heterocycles. The Labute approximate surface area is 150 Å². The van der Waals surface area contributed by atoms with E-state index < -0.39 is 17.9 Å². The summed E-state index contributed by atoms with van der Waals surface area (Å²) in [4.78, 5) is 28.4. The first-order valence-electron chi connectivity index (χ1n) is 8.16. The summed E-state index contributed by atoms with van der Waals surface area (Å²) >= 11 is 6.19. The van der Waals surface area contributed by atoms with Crippen molar-refractivity contribution in [3.8, 4) is 0 Å². The van der Waals surface area contributed by atoms with Crippen molar-refractivity contribution in [2.75, 3.05) is 16.8 Å². The fraction of sp³-hybridized carbons (Fsp3) is 0.263. The molecule has 128 valence electrons. The summed E-state index contributed by atoms with van der Waals surface area (Å²) in [5, 5.41) is 10.3. The van der Waals surface area contributed by atoms with Crippen LogP contribution in [-0.2, 0) is 9.59 Å². The molecule has 0 bridgehead atoms. The van der Waals surface area contributed by atoms with Crippen molar-refractivity contribution in [1.29, 1.82) is 0 Å². The van der Waals surface area contributed by atoms with Crippen molar-refractivity contribution >= 4 is 40.5 Å². The predicted molar refractivity (Wildman–Crippen MR) is 96.5 cm³/mol. The summed E-state index contributed by atoms with van der Waals surface area (Å²) in [5.74, 6) is -1.61. The van der Waals surface area contributed by atoms with Crippen LogP contribution in [0.25, 0.3) is 0 Å². The summed E-state index contributed by atoms with van der Waals surface area (Å²) in [6, 6.07) is 12.5. The Morgan fingerprint density at radius 3 is 2.68 bits per heavy atom. The number of fused-ring (bicyclic) bond motifs is 5. The number of hydrogen-bond acceptors (Lipinski definition) is 3. The fourth-order valence-corrected chi connectivity index (χ4v) is 4.10. The van der Waals surface area contributed by atoms with E-state index in [1.54, 1.807) is 17.0 Å². The number of carbonyl (C=O) groups excluding carboxylic acids is 1. The van der Waals surface area contributed by atoms with E-state index in [4.69, 9.17) is 11.6 Å². The second kappa shape index (κ2) is 5.77. The molecule has 2 aliphatic heterocycles. The number of anilines is 3. The lowest BCUT2D eigenvalue weighted by Gasteiger charge is -2.39. The average molecular weight is 357 g/mol. The maximum Gasteiger partial charge on any atom is 0.308 e. The molecule has 1 fully saturated rings. The van der Waals surface area contributed by atoms with Gasteiger partial charge in [-0.15, -0.1) is 0 Å². The van der Waals surface area contributed by atoms with E-state index in [2.05, 4.69) is 0 Å². The smallest absolute Gasteiger partial charge is 0.308 e. The summed E-state index contributed by atoms with van der Waals surface area (Å²) in [6.45, 7) is 0. The lowest BCUT2D eigenvalue weighted by atomic mass is 9.83. The number of benzene rings is 2. The molecule has 5 nitrogen and oxygen atoms in total. The monoisotopic (exact) mass is 356 g/mol. The van der Waals surface area contributed by atoms with Crippen molar-refractivity contribution in [1.82, 2.24) is 0 Å². The maximum atomic E-state index is 12.8. The van der Waals surface area contributed by atoms with E-state index in [-0.39, 0.29) is 12.3 Å². The van der Waals surface area contributed by atoms with Crippen molar-refractivity contribution in [2.24, 2.45) is 5.92 Å². The summed E-state index contributed by atoms with van der Waals surface area (Å²) in [6.07, 6.45) is 0.550. The van der Waals surface area contributed by atoms with Crippen molar-refractivity contribution in [3.05, 3.63) is 53.1 Å². The van der Waals surface area contributed by atoms with Crippen LogP contribution in [0.2, 0.25) is 5.02 Å². The van der Waals surface area contributed by atoms with Crippen LogP contribution in [0, 0.1) is 5.92 Å². The molecule has 6 heteroatoms. The number of rotatable bonds is 1. The van der Waals surface area contributed by atoms with Crippen molar-refractivity contribution in [3.63, 3.8) is 0 Å². The fourth-order valence-electron chi connectivity index (χ4n) is 3.94. The van der Waals surface area contributed by atoms with Crippen LogP contribution >= 0.6 is 11.6 Å². The predicted octanol–water partition coefficient (Wildman–Crippen LogP) is 3.99. The van der Waals surface area contributed by atoms with Crippen LogP contribution in [0.4, 0.5) is 17.1 Å². The third kappa shape index (κ3) is 2.38. The molecule has 1 saturated heterocycles. The van der Waals surface area contributed by atoms with Gasteiger partial charge in [0.2, 0.25) is 5.91 Å². The van der Waals surface area contributed by atoms with E-state index >= 15 is 0 Å². The van der Waals surface area contributed by atoms with Gasteiger partial charge >= 0.3 is 5.97 Å². The molecule has 2 aliphatic rings. The van der Waals surface area contributed by atoms with Gasteiger partial charge in [-0.25, -0.2) is 0 Å². The van der Waals surface area contributed by atoms with Crippen LogP contribution in [0.1, 0.15) is 24.4 Å². The SMILES string of the molecule is CN1c2ccccc2[C@H]2[C@@H](C(=O)O)CCC(=O)N2c2cc(Cl)ccc21. The van der Waals surface area contributed by atoms with Crippen molar-refractivity contribution in [2.45, 2.75) is 18.9 Å². The van der Waals surface area contributed by atoms with E-state index in [0.717, 1.165) is 16.9 Å². The highest BCUT2D eigenvalue weighted by atomic mass is 35.5. The highest BCUT2D eigenvalue weighted by molar-refractivity contribution is 6.31. The molecule has 0 unspecified atom stereocenters. The molecule has 2 aromatic carbocycles. The van der Waals surface area contributed by atoms with Crippen molar-refractivity contribution < 1.29 is 14.7 Å². The van der Waals surface area contributed by atoms with Crippen LogP contribution in [0.15, 0.2) is 42.5 Å². The number of carbonyl (C=O) groups is 2. The first kappa shape index (κ1) is 16.0. The van der Waals surface area contributed by atoms with E-state index in [9.17, 15) is 14.7 Å². The Morgan fingerprint density at radius 1 is 1.16 bits per heavy atom. The number of aliphatic carboxylic acids is 1. The van der Waals surface area contributed by atoms with Gasteiger partial charge < -0.3 is 14.9 Å². The number of para-hydroxylation sites is 1. The van der Waals surface area contributed by atoms with Gasteiger partial charge in [0.15, 0.2) is 0 Å². The number of nitrogens with zero attached hydrogens (tertiary/aromatic N) is 2. The Balaban J connectivity index is 2.04. The second-order valence-corrected chi connectivity index (χ2v) is 6.88. The Kier molecular flexibility index (Phi) is 3.69. The molecule has 25 heavy (non-hydrogen) atoms. The first-order chi connectivity index (χ1) is 12.0. The molecule has 1 N–H and O–H groups in total. The van der Waals surface area contributed by atoms with Gasteiger partial charge in [-0.3, -0.25) is 9.59 Å². The number of halogens is 1. The zero-order valence-corrected chi connectivity index (χ0v) is 14.4. The summed E-state index contributed by atoms with van der Waals surface area (Å²) < 4.78 is 0. The van der Waals surface area contributed by atoms with Gasteiger partial charge in [0.05, 0.1) is 23.3 Å². The number of carboxylic acids is 1. The van der Waals surface area contributed by atoms with E-state index in [1.165, 1.54) is 0 Å². The lowest BCUT2D eigenvalue weighted by molar-refractivity contribution is -0.144. The minimum absolute atomic E-state index is 0.0730. The Morgan fingerprint density at radius 2 is 1.92 bits per heavy atom. The second-order valence-electron chi connectivity index (χ2n) is 6.44. The van der Waals surface area contributed by atoms with Gasteiger partial charge in [0.25, 0.3) is 0 Å². The summed E-state index contributed by atoms with van der Waals surface area (Å²) in [5.41, 5.74) is 3.24. The zero-order chi connectivity index (χ0) is 17.7. The number of amides is 1. The molecule has 2 atom stereocenters. The minimum atomic E-state index is -0.884. The van der Waals surface area contributed by atoms with Gasteiger partial charge in [0.1, 0.15) is 0 Å². The van der Waals surface area contributed by atoms with E-state index in [0.29, 0.717) is 17.1 Å². The molecule has 0 aliphatic carbocycles. The highest BCUT2D eigenvalue weighted by Crippen LogP contribution is 2.50. The topological polar surface area (TPSA) is 60.9 Å². The number of piperidine rings is 1. The van der Waals surface area contributed by atoms with Gasteiger partial charge in [-0.1, -0.05) is 29.8 Å². The quantitative estimate of drug-likeness (QED) is 0.839. The van der Waals surface area contributed by atoms with Crippen LogP contribution in [-0.4, -0.2) is 24.0 Å². The van der Waals surface area contributed by atoms with Gasteiger partial charge in [-0.05, 0) is 36.2 Å². The van der Waals surface area contributed by atoms with E-state index in [1.807, 2.05) is 42.3 Å². The number of carboxylic acid groups (broad SMARTS) is 1. The first-order valence-corrected chi connectivity index (χ1v) is 8.54. The molecular weight excluding hydrogens is 340 g/mol. The third-order valence-electron chi connectivity index (χ3n) is 5.09. The zero-order valence-electron chi connectivity index (χ0n) is 13.6. The molecule has 2 heterocycles.